The van der Waals surface area contributed by atoms with Crippen molar-refractivity contribution in [3.8, 4) is 0 Å². The molecule has 6 N–H and O–H groups in total. The van der Waals surface area contributed by atoms with Crippen molar-refractivity contribution < 1.29 is 92.2 Å². The average Bonchev–Trinajstić information content (AvgIpc) is 1.25. The van der Waals surface area contributed by atoms with E-state index >= 15 is 0 Å². The van der Waals surface area contributed by atoms with Crippen LogP contribution in [0.25, 0.3) is 0 Å². The first-order valence-electron chi connectivity index (χ1n) is 1.10. The summed E-state index contributed by atoms with van der Waals surface area (Å²) < 4.78 is 51.4. The van der Waals surface area contributed by atoms with E-state index in [0.717, 1.165) is 0 Å². The Kier molecular flexibility index (Phi) is 179. The molecule has 0 aromatic heterocycles. The second-order valence-electron chi connectivity index (χ2n) is 0.447. The molecule has 3 radical (unpaired) electrons. The first kappa shape index (κ1) is 55.3. The van der Waals surface area contributed by atoms with Gasteiger partial charge in [-0.15, -0.1) is 0 Å². The molecule has 0 aliphatic carbocycles. The molecule has 0 atom stereocenters. The first-order valence-corrected chi connectivity index (χ1v) is 5.69. The van der Waals surface area contributed by atoms with Gasteiger partial charge >= 0.3 is 107 Å². The van der Waals surface area contributed by atoms with Crippen molar-refractivity contribution in [3.63, 3.8) is 0 Å². The molecule has 0 aliphatic heterocycles. The predicted molar refractivity (Wildman–Crippen MR) is 22.3 cm³/mol. The summed E-state index contributed by atoms with van der Waals surface area (Å²) in [5, 5.41) is 0. The van der Waals surface area contributed by atoms with Gasteiger partial charge in [-0.2, -0.15) is 0 Å². The van der Waals surface area contributed by atoms with Crippen molar-refractivity contribution in [1.29, 1.82) is 0 Å². The molecular weight excluding hydrogens is 484 g/mol. The molecule has 103 valence electrons. The second-order valence-corrected chi connectivity index (χ2v) is 2.32. The van der Waals surface area contributed by atoms with Crippen LogP contribution in [0.1, 0.15) is 0 Å². The average molecular weight is 491 g/mol. The van der Waals surface area contributed by atoms with Crippen LogP contribution in [-0.4, -0.2) is 47.8 Å². The minimum atomic E-state index is -3.94. The quantitative estimate of drug-likeness (QED) is 0.299. The van der Waals surface area contributed by atoms with Gasteiger partial charge in [-0.05, 0) is 0 Å². The first-order chi connectivity index (χ1) is 3.46. The van der Waals surface area contributed by atoms with Crippen molar-refractivity contribution in [3.05, 3.63) is 0 Å². The monoisotopic (exact) mass is 489 g/mol. The van der Waals surface area contributed by atoms with Gasteiger partial charge in [0.25, 0.3) is 0 Å². The molecule has 0 saturated carbocycles. The summed E-state index contributed by atoms with van der Waals surface area (Å²) in [5.74, 6) is 0. The van der Waals surface area contributed by atoms with E-state index in [1.54, 1.807) is 0 Å². The van der Waals surface area contributed by atoms with E-state index in [2.05, 4.69) is 0 Å². The summed E-state index contributed by atoms with van der Waals surface area (Å²) in [7, 11) is 0. The fourth-order valence-electron chi connectivity index (χ4n) is 0. The van der Waals surface area contributed by atoms with E-state index in [0.29, 0.717) is 0 Å². The molecule has 0 unspecified atom stereocenters. The molecule has 0 saturated heterocycles. The second kappa shape index (κ2) is 45.4. The molecule has 14 heavy (non-hydrogen) atoms. The SMILES string of the molecule is O.O.O.[Cu+2].[Cu+2].[Cu+2].[O-][As]([O-])[O-].[O-][As]([O-])[O-]. The number of hydrogen-bond acceptors (Lipinski definition) is 6. The third kappa shape index (κ3) is 473. The van der Waals surface area contributed by atoms with Gasteiger partial charge in [0, 0.05) is 0 Å². The summed E-state index contributed by atoms with van der Waals surface area (Å²) in [6.45, 7) is 0. The van der Waals surface area contributed by atoms with Crippen LogP contribution in [0.2, 0.25) is 0 Å². The van der Waals surface area contributed by atoms with E-state index in [4.69, 9.17) is 24.6 Å². The van der Waals surface area contributed by atoms with Crippen LogP contribution < -0.4 is 24.6 Å². The summed E-state index contributed by atoms with van der Waals surface area (Å²) in [4.78, 5) is 0. The zero-order valence-electron chi connectivity index (χ0n) is 5.75. The Labute approximate surface area is 123 Å². The Hall–Kier alpha value is 2.32. The third-order valence-electron chi connectivity index (χ3n) is 0. The molecule has 0 heterocycles. The summed E-state index contributed by atoms with van der Waals surface area (Å²) in [6.07, 6.45) is 0. The molecule has 0 fully saturated rings. The van der Waals surface area contributed by atoms with Gasteiger partial charge in [0.15, 0.2) is 0 Å². The zero-order valence-corrected chi connectivity index (χ0v) is 12.3. The molecule has 9 nitrogen and oxygen atoms in total. The molecule has 0 amide bonds. The molecule has 0 bridgehead atoms. The third-order valence-corrected chi connectivity index (χ3v) is 0. The summed E-state index contributed by atoms with van der Waals surface area (Å²) in [6, 6.07) is 0. The molecule has 0 aliphatic rings. The minimum absolute atomic E-state index is 0. The normalized spacial score (nSPS) is 5.14. The topological polar surface area (TPSA) is 233 Å². The fourth-order valence-corrected chi connectivity index (χ4v) is 0. The van der Waals surface area contributed by atoms with Gasteiger partial charge in [-0.25, -0.2) is 0 Å². The molecule has 14 heteroatoms. The van der Waals surface area contributed by atoms with E-state index in [1.165, 1.54) is 0 Å². The van der Waals surface area contributed by atoms with Crippen LogP contribution >= 0.6 is 0 Å². The van der Waals surface area contributed by atoms with Crippen LogP contribution in [0.4, 0.5) is 0 Å². The van der Waals surface area contributed by atoms with Crippen LogP contribution in [-0.2, 0) is 51.2 Å². The van der Waals surface area contributed by atoms with E-state index in [-0.39, 0.29) is 67.6 Å². The van der Waals surface area contributed by atoms with Crippen molar-refractivity contribution in [2.24, 2.45) is 0 Å². The summed E-state index contributed by atoms with van der Waals surface area (Å²) in [5.41, 5.74) is 0. The Bertz CT molecular complexity index is 33.5. The van der Waals surface area contributed by atoms with Gasteiger partial charge in [0.05, 0.1) is 0 Å². The van der Waals surface area contributed by atoms with Crippen molar-refractivity contribution >= 4 is 31.4 Å². The van der Waals surface area contributed by atoms with Crippen molar-refractivity contribution in [1.82, 2.24) is 0 Å². The van der Waals surface area contributed by atoms with Gasteiger partial charge in [0.2, 0.25) is 0 Å². The standard InChI is InChI=1S/2AsO3.3Cu.3H2O/c2*2-1(3)4;;;;;;/h;;;;;3*1H2/q2*-3;3*+2;;;. The predicted octanol–water partition coefficient (Wildman–Crippen LogP) is -10.4. The maximum atomic E-state index is 8.56. The van der Waals surface area contributed by atoms with Gasteiger partial charge in [-0.1, -0.05) is 0 Å². The van der Waals surface area contributed by atoms with Crippen LogP contribution in [0, 0.1) is 0 Å². The Morgan fingerprint density at radius 3 is 0.429 bits per heavy atom. The van der Waals surface area contributed by atoms with Gasteiger partial charge < -0.3 is 16.4 Å². The summed E-state index contributed by atoms with van der Waals surface area (Å²) >= 11 is -7.88. The Morgan fingerprint density at radius 2 is 0.429 bits per heavy atom. The molecule has 0 aromatic rings. The van der Waals surface area contributed by atoms with Crippen LogP contribution in [0.3, 0.4) is 0 Å². The molecule has 0 spiro atoms. The molecule has 0 aromatic carbocycles. The fraction of sp³-hybridized carbons (Fsp3) is 0. The molecule has 0 rings (SSSR count). The number of hydrogen-bond donors (Lipinski definition) is 0. The van der Waals surface area contributed by atoms with Gasteiger partial charge in [-0.3, -0.25) is 0 Å². The van der Waals surface area contributed by atoms with Crippen molar-refractivity contribution in [2.75, 3.05) is 0 Å². The van der Waals surface area contributed by atoms with E-state index in [9.17, 15) is 0 Å². The van der Waals surface area contributed by atoms with Gasteiger partial charge in [0.1, 0.15) is 0 Å². The number of rotatable bonds is 0. The Morgan fingerprint density at radius 1 is 0.429 bits per heavy atom. The van der Waals surface area contributed by atoms with Crippen LogP contribution in [0.15, 0.2) is 0 Å². The van der Waals surface area contributed by atoms with E-state index < -0.39 is 31.4 Å². The maximum absolute atomic E-state index is 8.56. The Balaban J connectivity index is -0.00000000600. The molecular formula is H6As2Cu3O9. The van der Waals surface area contributed by atoms with E-state index in [1.807, 2.05) is 0 Å². The van der Waals surface area contributed by atoms with Crippen LogP contribution in [0.5, 0.6) is 0 Å². The zero-order chi connectivity index (χ0) is 7.15. The van der Waals surface area contributed by atoms with Crippen molar-refractivity contribution in [2.45, 2.75) is 0 Å².